The number of likely N-dealkylation sites (N-methyl/N-ethyl adjacent to an activating group) is 1. The maximum atomic E-state index is 11.9. The second-order valence-corrected chi connectivity index (χ2v) is 4.70. The van der Waals surface area contributed by atoms with Gasteiger partial charge >= 0.3 is 0 Å². The largest absolute Gasteiger partial charge is 0.341 e. The third kappa shape index (κ3) is 1.65. The van der Waals surface area contributed by atoms with Crippen LogP contribution >= 0.6 is 0 Å². The van der Waals surface area contributed by atoms with Crippen LogP contribution < -0.4 is 5.32 Å². The van der Waals surface area contributed by atoms with Crippen LogP contribution in [0.1, 0.15) is 26.2 Å². The molecule has 1 aliphatic carbocycles. The van der Waals surface area contributed by atoms with Gasteiger partial charge in [-0.25, -0.2) is 0 Å². The number of carbonyl (C=O) groups is 1. The Bertz CT molecular complexity index is 217. The first-order valence-corrected chi connectivity index (χ1v) is 5.68. The van der Waals surface area contributed by atoms with Crippen molar-refractivity contribution in [2.24, 2.45) is 11.8 Å². The number of rotatable bonds is 2. The van der Waals surface area contributed by atoms with Crippen molar-refractivity contribution < 1.29 is 4.79 Å². The Labute approximate surface area is 85.8 Å². The molecule has 1 aliphatic heterocycles. The minimum atomic E-state index is -0.0196. The fraction of sp³-hybridized carbons (Fsp3) is 0.909. The lowest BCUT2D eigenvalue weighted by molar-refractivity contribution is -0.132. The van der Waals surface area contributed by atoms with Crippen molar-refractivity contribution in [3.63, 3.8) is 0 Å². The van der Waals surface area contributed by atoms with E-state index in [0.717, 1.165) is 24.9 Å². The summed E-state index contributed by atoms with van der Waals surface area (Å²) in [6.07, 6.45) is 4.05. The standard InChI is InChI=1S/C11H20N2O/c1-8(12-2)11(14)13-6-9-4-3-5-10(9)7-13/h8-10,12H,3-7H2,1-2H3. The molecule has 0 radical (unpaired) electrons. The van der Waals surface area contributed by atoms with Crippen LogP contribution in [0, 0.1) is 11.8 Å². The second-order valence-electron chi connectivity index (χ2n) is 4.70. The van der Waals surface area contributed by atoms with Crippen molar-refractivity contribution in [3.8, 4) is 0 Å². The van der Waals surface area contributed by atoms with Gasteiger partial charge in [0.1, 0.15) is 0 Å². The first-order chi connectivity index (χ1) is 6.72. The van der Waals surface area contributed by atoms with E-state index in [-0.39, 0.29) is 11.9 Å². The summed E-state index contributed by atoms with van der Waals surface area (Å²) >= 11 is 0. The normalized spacial score (nSPS) is 33.1. The fourth-order valence-electron chi connectivity index (χ4n) is 2.81. The van der Waals surface area contributed by atoms with E-state index in [9.17, 15) is 4.79 Å². The van der Waals surface area contributed by atoms with Crippen molar-refractivity contribution in [1.82, 2.24) is 10.2 Å². The highest BCUT2D eigenvalue weighted by Gasteiger charge is 2.38. The molecule has 14 heavy (non-hydrogen) atoms. The molecular formula is C11H20N2O. The van der Waals surface area contributed by atoms with Crippen molar-refractivity contribution in [2.45, 2.75) is 32.2 Å². The van der Waals surface area contributed by atoms with Gasteiger partial charge in [0.15, 0.2) is 0 Å². The molecule has 3 nitrogen and oxygen atoms in total. The van der Waals surface area contributed by atoms with Crippen LogP contribution in [0.2, 0.25) is 0 Å². The van der Waals surface area contributed by atoms with Gasteiger partial charge in [0.05, 0.1) is 6.04 Å². The van der Waals surface area contributed by atoms with Gasteiger partial charge in [0.2, 0.25) is 5.91 Å². The molecule has 1 saturated heterocycles. The van der Waals surface area contributed by atoms with Crippen molar-refractivity contribution in [1.29, 1.82) is 0 Å². The van der Waals surface area contributed by atoms with E-state index < -0.39 is 0 Å². The monoisotopic (exact) mass is 196 g/mol. The van der Waals surface area contributed by atoms with E-state index in [1.54, 1.807) is 0 Å². The molecule has 0 aromatic rings. The third-order valence-corrected chi connectivity index (χ3v) is 3.84. The van der Waals surface area contributed by atoms with Crippen LogP contribution in [0.4, 0.5) is 0 Å². The van der Waals surface area contributed by atoms with E-state index in [4.69, 9.17) is 0 Å². The first-order valence-electron chi connectivity index (χ1n) is 5.68. The summed E-state index contributed by atoms with van der Waals surface area (Å²) in [5.41, 5.74) is 0. The molecule has 3 unspecified atom stereocenters. The first kappa shape index (κ1) is 9.97. The van der Waals surface area contributed by atoms with Crippen LogP contribution in [0.25, 0.3) is 0 Å². The van der Waals surface area contributed by atoms with E-state index in [1.165, 1.54) is 19.3 Å². The average molecular weight is 196 g/mol. The molecule has 1 N–H and O–H groups in total. The SMILES string of the molecule is CNC(C)C(=O)N1CC2CCCC2C1. The van der Waals surface area contributed by atoms with Gasteiger partial charge in [-0.15, -0.1) is 0 Å². The highest BCUT2D eigenvalue weighted by atomic mass is 16.2. The van der Waals surface area contributed by atoms with E-state index in [0.29, 0.717) is 0 Å². The maximum Gasteiger partial charge on any atom is 0.239 e. The molecule has 2 aliphatic rings. The number of hydrogen-bond acceptors (Lipinski definition) is 2. The molecule has 2 rings (SSSR count). The van der Waals surface area contributed by atoms with Crippen LogP contribution in [0.3, 0.4) is 0 Å². The number of nitrogens with zero attached hydrogens (tertiary/aromatic N) is 1. The minimum absolute atomic E-state index is 0.0196. The quantitative estimate of drug-likeness (QED) is 0.710. The van der Waals surface area contributed by atoms with E-state index in [1.807, 2.05) is 14.0 Å². The van der Waals surface area contributed by atoms with Gasteiger partial charge in [-0.2, -0.15) is 0 Å². The summed E-state index contributed by atoms with van der Waals surface area (Å²) in [6.45, 7) is 3.96. The lowest BCUT2D eigenvalue weighted by Gasteiger charge is -2.21. The zero-order chi connectivity index (χ0) is 10.1. The predicted octanol–water partition coefficient (Wildman–Crippen LogP) is 0.853. The molecule has 3 atom stereocenters. The van der Waals surface area contributed by atoms with Crippen LogP contribution in [0.15, 0.2) is 0 Å². The highest BCUT2D eigenvalue weighted by Crippen LogP contribution is 2.37. The second kappa shape index (κ2) is 3.89. The van der Waals surface area contributed by atoms with E-state index >= 15 is 0 Å². The zero-order valence-corrected chi connectivity index (χ0v) is 9.12. The molecule has 0 spiro atoms. The molecule has 1 heterocycles. The zero-order valence-electron chi connectivity index (χ0n) is 9.12. The molecule has 0 bridgehead atoms. The molecule has 80 valence electrons. The van der Waals surface area contributed by atoms with Crippen LogP contribution in [0.5, 0.6) is 0 Å². The number of amides is 1. The van der Waals surface area contributed by atoms with Crippen molar-refractivity contribution in [3.05, 3.63) is 0 Å². The molecule has 2 fully saturated rings. The Morgan fingerprint density at radius 2 is 1.93 bits per heavy atom. The van der Waals surface area contributed by atoms with Gasteiger partial charge < -0.3 is 10.2 Å². The Kier molecular flexibility index (Phi) is 2.77. The number of carbonyl (C=O) groups excluding carboxylic acids is 1. The van der Waals surface area contributed by atoms with Gasteiger partial charge in [-0.3, -0.25) is 4.79 Å². The smallest absolute Gasteiger partial charge is 0.239 e. The third-order valence-electron chi connectivity index (χ3n) is 3.84. The number of nitrogens with one attached hydrogen (secondary N) is 1. The Morgan fingerprint density at radius 1 is 1.36 bits per heavy atom. The fourth-order valence-corrected chi connectivity index (χ4v) is 2.81. The molecule has 1 saturated carbocycles. The molecular weight excluding hydrogens is 176 g/mol. The summed E-state index contributed by atoms with van der Waals surface area (Å²) in [4.78, 5) is 13.9. The van der Waals surface area contributed by atoms with Crippen molar-refractivity contribution in [2.75, 3.05) is 20.1 Å². The summed E-state index contributed by atoms with van der Waals surface area (Å²) in [5.74, 6) is 1.90. The highest BCUT2D eigenvalue weighted by molar-refractivity contribution is 5.81. The van der Waals surface area contributed by atoms with Gasteiger partial charge in [-0.05, 0) is 38.6 Å². The van der Waals surface area contributed by atoms with Gasteiger partial charge in [0.25, 0.3) is 0 Å². The van der Waals surface area contributed by atoms with Gasteiger partial charge in [-0.1, -0.05) is 6.42 Å². The molecule has 3 heteroatoms. The molecule has 0 aromatic carbocycles. The predicted molar refractivity (Wildman–Crippen MR) is 55.9 cm³/mol. The lowest BCUT2D eigenvalue weighted by atomic mass is 10.0. The summed E-state index contributed by atoms with van der Waals surface area (Å²) in [7, 11) is 1.85. The minimum Gasteiger partial charge on any atom is -0.341 e. The van der Waals surface area contributed by atoms with Crippen LogP contribution in [-0.2, 0) is 4.79 Å². The molecule has 0 aromatic heterocycles. The number of likely N-dealkylation sites (tertiary alicyclic amines) is 1. The average Bonchev–Trinajstić information content (AvgIpc) is 2.74. The summed E-state index contributed by atoms with van der Waals surface area (Å²) in [5, 5.41) is 3.02. The maximum absolute atomic E-state index is 11.9. The topological polar surface area (TPSA) is 32.3 Å². The summed E-state index contributed by atoms with van der Waals surface area (Å²) in [6, 6.07) is -0.0196. The lowest BCUT2D eigenvalue weighted by Crippen LogP contribution is -2.42. The Morgan fingerprint density at radius 3 is 2.43 bits per heavy atom. The number of fused-ring (bicyclic) bond motifs is 1. The van der Waals surface area contributed by atoms with E-state index in [2.05, 4.69) is 10.2 Å². The van der Waals surface area contributed by atoms with Crippen molar-refractivity contribution >= 4 is 5.91 Å². The summed E-state index contributed by atoms with van der Waals surface area (Å²) < 4.78 is 0. The van der Waals surface area contributed by atoms with Gasteiger partial charge in [0, 0.05) is 13.1 Å². The van der Waals surface area contributed by atoms with Crippen LogP contribution in [-0.4, -0.2) is 37.0 Å². The Hall–Kier alpha value is -0.570. The Balaban J connectivity index is 1.92. The number of hydrogen-bond donors (Lipinski definition) is 1. The molecule has 1 amide bonds.